The van der Waals surface area contributed by atoms with Crippen LogP contribution in [0.5, 0.6) is 0 Å². The number of hydrogen-bond donors (Lipinski definition) is 0. The third kappa shape index (κ3) is 4.22. The predicted octanol–water partition coefficient (Wildman–Crippen LogP) is 11.5. The maximum atomic E-state index is 5.45. The number of hydrogen-bond acceptors (Lipinski definition) is 4. The van der Waals surface area contributed by atoms with Crippen LogP contribution in [-0.4, -0.2) is 4.98 Å². The number of aryl methyl sites for hydroxylation is 2. The summed E-state index contributed by atoms with van der Waals surface area (Å²) < 4.78 is 0. The fourth-order valence-electron chi connectivity index (χ4n) is 6.23. The summed E-state index contributed by atoms with van der Waals surface area (Å²) in [5, 5.41) is 3.35. The molecule has 0 N–H and O–H groups in total. The zero-order valence-corrected chi connectivity index (χ0v) is 24.8. The van der Waals surface area contributed by atoms with E-state index in [-0.39, 0.29) is 0 Å². The van der Waals surface area contributed by atoms with E-state index >= 15 is 0 Å². The van der Waals surface area contributed by atoms with Crippen LogP contribution in [0.15, 0.2) is 139 Å². The highest BCUT2D eigenvalue weighted by atomic mass is 32.1. The lowest BCUT2D eigenvalue weighted by atomic mass is 9.97. The Morgan fingerprint density at radius 3 is 1.81 bits per heavy atom. The Kier molecular flexibility index (Phi) is 6.09. The fourth-order valence-corrected chi connectivity index (χ4v) is 6.98. The van der Waals surface area contributed by atoms with E-state index in [1.165, 1.54) is 27.0 Å². The summed E-state index contributed by atoms with van der Waals surface area (Å²) >= 11 is 1.77. The van der Waals surface area contributed by atoms with Crippen molar-refractivity contribution in [3.05, 3.63) is 150 Å². The van der Waals surface area contributed by atoms with Gasteiger partial charge in [-0.2, -0.15) is 0 Å². The van der Waals surface area contributed by atoms with E-state index in [1.807, 2.05) is 0 Å². The number of rotatable bonds is 4. The molecule has 0 amide bonds. The summed E-state index contributed by atoms with van der Waals surface area (Å²) in [6, 6.07) is 47.8. The van der Waals surface area contributed by atoms with Gasteiger partial charge in [-0.05, 0) is 79.4 Å². The minimum absolute atomic E-state index is 0.979. The Hall–Kier alpha value is -5.19. The summed E-state index contributed by atoms with van der Waals surface area (Å²) in [5.74, 6) is 0. The minimum atomic E-state index is 0.979. The van der Waals surface area contributed by atoms with Gasteiger partial charge in [0.15, 0.2) is 0 Å². The first-order chi connectivity index (χ1) is 21.2. The van der Waals surface area contributed by atoms with Gasteiger partial charge in [0.2, 0.25) is 0 Å². The maximum absolute atomic E-state index is 5.45. The van der Waals surface area contributed by atoms with E-state index in [0.717, 1.165) is 50.9 Å². The van der Waals surface area contributed by atoms with Gasteiger partial charge in [0, 0.05) is 27.1 Å². The van der Waals surface area contributed by atoms with Crippen molar-refractivity contribution in [1.82, 2.24) is 4.98 Å². The first-order valence-electron chi connectivity index (χ1n) is 14.6. The van der Waals surface area contributed by atoms with Gasteiger partial charge in [0.25, 0.3) is 0 Å². The van der Waals surface area contributed by atoms with Gasteiger partial charge in [-0.1, -0.05) is 84.4 Å². The molecule has 206 valence electrons. The molecule has 0 aliphatic carbocycles. The van der Waals surface area contributed by atoms with Gasteiger partial charge in [-0.3, -0.25) is 0 Å². The lowest BCUT2D eigenvalue weighted by Gasteiger charge is -2.40. The molecule has 0 unspecified atom stereocenters. The molecular weight excluding hydrogens is 543 g/mol. The van der Waals surface area contributed by atoms with Crippen molar-refractivity contribution in [3.8, 4) is 21.7 Å². The van der Waals surface area contributed by atoms with Crippen molar-refractivity contribution >= 4 is 56.4 Å². The molecule has 3 nitrogen and oxygen atoms in total. The second-order valence-corrected chi connectivity index (χ2v) is 12.0. The number of thiophene rings is 1. The molecule has 0 bridgehead atoms. The predicted molar refractivity (Wildman–Crippen MR) is 183 cm³/mol. The van der Waals surface area contributed by atoms with Crippen LogP contribution >= 0.6 is 11.3 Å². The summed E-state index contributed by atoms with van der Waals surface area (Å²) in [6.45, 7) is 4.33. The summed E-state index contributed by atoms with van der Waals surface area (Å²) in [7, 11) is 0. The quantitative estimate of drug-likeness (QED) is 0.209. The average molecular weight is 572 g/mol. The average Bonchev–Trinajstić information content (AvgIpc) is 3.60. The van der Waals surface area contributed by atoms with Crippen molar-refractivity contribution in [3.63, 3.8) is 0 Å². The number of aromatic nitrogens is 1. The number of pyridine rings is 1. The lowest BCUT2D eigenvalue weighted by Crippen LogP contribution is -2.24. The lowest BCUT2D eigenvalue weighted by molar-refractivity contribution is 1.17. The minimum Gasteiger partial charge on any atom is -0.306 e. The zero-order chi connectivity index (χ0) is 28.9. The van der Waals surface area contributed by atoms with Crippen LogP contribution in [0, 0.1) is 13.8 Å². The van der Waals surface area contributed by atoms with Crippen LogP contribution in [-0.2, 0) is 0 Å². The van der Waals surface area contributed by atoms with E-state index in [0.29, 0.717) is 0 Å². The molecule has 4 heteroatoms. The van der Waals surface area contributed by atoms with Crippen LogP contribution in [0.4, 0.5) is 34.1 Å². The Bertz CT molecular complexity index is 2050. The Labute approximate surface area is 256 Å². The normalized spacial score (nSPS) is 12.3. The molecule has 43 heavy (non-hydrogen) atoms. The third-order valence-corrected chi connectivity index (χ3v) is 9.17. The van der Waals surface area contributed by atoms with Crippen LogP contribution in [0.25, 0.3) is 32.6 Å². The molecule has 2 aromatic heterocycles. The van der Waals surface area contributed by atoms with Gasteiger partial charge < -0.3 is 9.80 Å². The van der Waals surface area contributed by atoms with Crippen molar-refractivity contribution in [1.29, 1.82) is 0 Å². The molecule has 0 saturated heterocycles. The molecule has 0 atom stereocenters. The van der Waals surface area contributed by atoms with Crippen LogP contribution in [0.2, 0.25) is 0 Å². The molecule has 7 aromatic rings. The van der Waals surface area contributed by atoms with E-state index < -0.39 is 0 Å². The Morgan fingerprint density at radius 1 is 0.558 bits per heavy atom. The molecule has 0 saturated carbocycles. The van der Waals surface area contributed by atoms with Gasteiger partial charge >= 0.3 is 0 Å². The number of fused-ring (bicyclic) bond motifs is 3. The summed E-state index contributed by atoms with van der Waals surface area (Å²) in [6.07, 6.45) is 0. The number of para-hydroxylation sites is 5. The molecular formula is C39H29N3S. The summed E-state index contributed by atoms with van der Waals surface area (Å²) in [4.78, 5) is 11.5. The van der Waals surface area contributed by atoms with Crippen LogP contribution < -0.4 is 9.80 Å². The molecule has 1 aliphatic rings. The molecule has 0 fully saturated rings. The highest BCUT2D eigenvalue weighted by Crippen LogP contribution is 2.55. The number of anilines is 6. The first kappa shape index (κ1) is 25.5. The number of nitrogens with zero attached hydrogens (tertiary/aromatic N) is 3. The topological polar surface area (TPSA) is 19.4 Å². The maximum Gasteiger partial charge on any atom is 0.0959 e. The standard InChI is InChI=1S/C39H29N3S/c1-26-18-21-28(22-19-26)31-25-30(37-17-10-24-43-37)38-27(2)20-23-36(39(38)40-31)42-34-15-8-6-13-32(34)41(29-11-4-3-5-12-29)33-14-7-9-16-35(33)42/h3-25H,1-2H3. The molecule has 5 aromatic carbocycles. The van der Waals surface area contributed by atoms with E-state index in [4.69, 9.17) is 4.98 Å². The third-order valence-electron chi connectivity index (χ3n) is 8.26. The molecule has 0 radical (unpaired) electrons. The van der Waals surface area contributed by atoms with Crippen LogP contribution in [0.3, 0.4) is 0 Å². The molecule has 3 heterocycles. The second-order valence-electron chi connectivity index (χ2n) is 11.0. The van der Waals surface area contributed by atoms with Crippen molar-refractivity contribution in [2.45, 2.75) is 13.8 Å². The van der Waals surface area contributed by atoms with Crippen molar-refractivity contribution in [2.75, 3.05) is 9.80 Å². The molecule has 1 aliphatic heterocycles. The highest BCUT2D eigenvalue weighted by Gasteiger charge is 2.31. The van der Waals surface area contributed by atoms with Gasteiger partial charge in [0.1, 0.15) is 0 Å². The molecule has 8 rings (SSSR count). The van der Waals surface area contributed by atoms with E-state index in [9.17, 15) is 0 Å². The molecule has 0 spiro atoms. The number of benzene rings is 5. The zero-order valence-electron chi connectivity index (χ0n) is 24.0. The van der Waals surface area contributed by atoms with Gasteiger partial charge in [-0.15, -0.1) is 11.3 Å². The second kappa shape index (κ2) is 10.3. The van der Waals surface area contributed by atoms with E-state index in [2.05, 4.69) is 162 Å². The van der Waals surface area contributed by atoms with Gasteiger partial charge in [-0.25, -0.2) is 4.98 Å². The summed E-state index contributed by atoms with van der Waals surface area (Å²) in [5.41, 5.74) is 13.5. The Morgan fingerprint density at radius 2 is 1.19 bits per heavy atom. The van der Waals surface area contributed by atoms with E-state index in [1.54, 1.807) is 11.3 Å². The van der Waals surface area contributed by atoms with Crippen molar-refractivity contribution < 1.29 is 0 Å². The Balaban J connectivity index is 1.44. The fraction of sp³-hybridized carbons (Fsp3) is 0.0513. The smallest absolute Gasteiger partial charge is 0.0959 e. The van der Waals surface area contributed by atoms with Crippen molar-refractivity contribution in [2.24, 2.45) is 0 Å². The highest BCUT2D eigenvalue weighted by molar-refractivity contribution is 7.13. The first-order valence-corrected chi connectivity index (χ1v) is 15.4. The SMILES string of the molecule is Cc1ccc(-c2cc(-c3cccs3)c3c(C)ccc(N4c5ccccc5N(c5ccccc5)c5ccccc54)c3n2)cc1. The van der Waals surface area contributed by atoms with Gasteiger partial charge in [0.05, 0.1) is 39.6 Å². The monoisotopic (exact) mass is 571 g/mol. The largest absolute Gasteiger partial charge is 0.306 e. The van der Waals surface area contributed by atoms with Crippen LogP contribution in [0.1, 0.15) is 11.1 Å².